The van der Waals surface area contributed by atoms with Crippen molar-refractivity contribution < 1.29 is 9.59 Å². The van der Waals surface area contributed by atoms with Crippen LogP contribution >= 0.6 is 0 Å². The summed E-state index contributed by atoms with van der Waals surface area (Å²) < 4.78 is 0. The fourth-order valence-corrected chi connectivity index (χ4v) is 0.982. The van der Waals surface area contributed by atoms with Gasteiger partial charge in [0.05, 0.1) is 0 Å². The molecule has 2 amide bonds. The van der Waals surface area contributed by atoms with E-state index in [4.69, 9.17) is 0 Å². The smallest absolute Gasteiger partial charge is 0.224 e. The van der Waals surface area contributed by atoms with Gasteiger partial charge in [-0.05, 0) is 0 Å². The molecule has 62 valence electrons. The first-order chi connectivity index (χ1) is 5.20. The molecule has 0 bridgehead atoms. The van der Waals surface area contributed by atoms with Gasteiger partial charge in [-0.25, -0.2) is 0 Å². The van der Waals surface area contributed by atoms with Crippen molar-refractivity contribution in [1.82, 2.24) is 10.2 Å². The van der Waals surface area contributed by atoms with E-state index in [1.54, 1.807) is 11.9 Å². The molecule has 0 radical (unpaired) electrons. The van der Waals surface area contributed by atoms with Crippen LogP contribution in [0.2, 0.25) is 0 Å². The van der Waals surface area contributed by atoms with Crippen LogP contribution in [0.1, 0.15) is 12.8 Å². The highest BCUT2D eigenvalue weighted by molar-refractivity contribution is 5.81. The van der Waals surface area contributed by atoms with E-state index in [9.17, 15) is 9.59 Å². The Morgan fingerprint density at radius 1 is 1.36 bits per heavy atom. The molecule has 0 aromatic carbocycles. The standard InChI is InChI=1S/C7H12N2O2/c1-9-5-3-6(10)8-4-2-7(9)11/h2-5H2,1H3,(H,8,10). The minimum atomic E-state index is 0.0318. The molecule has 1 rings (SSSR count). The van der Waals surface area contributed by atoms with Gasteiger partial charge >= 0.3 is 0 Å². The lowest BCUT2D eigenvalue weighted by atomic mass is 10.3. The Kier molecular flexibility index (Phi) is 2.46. The van der Waals surface area contributed by atoms with Crippen molar-refractivity contribution in [2.24, 2.45) is 0 Å². The number of amides is 2. The minimum Gasteiger partial charge on any atom is -0.356 e. The van der Waals surface area contributed by atoms with E-state index in [1.165, 1.54) is 0 Å². The van der Waals surface area contributed by atoms with Crippen molar-refractivity contribution in [2.75, 3.05) is 20.1 Å². The zero-order valence-electron chi connectivity index (χ0n) is 6.59. The molecule has 1 N–H and O–H groups in total. The van der Waals surface area contributed by atoms with E-state index in [0.717, 1.165) is 0 Å². The first-order valence-corrected chi connectivity index (χ1v) is 3.71. The molecule has 1 aliphatic rings. The maximum atomic E-state index is 11.0. The lowest BCUT2D eigenvalue weighted by Gasteiger charge is -2.19. The second-order valence-corrected chi connectivity index (χ2v) is 2.67. The molecule has 0 saturated carbocycles. The van der Waals surface area contributed by atoms with E-state index >= 15 is 0 Å². The molecule has 1 fully saturated rings. The minimum absolute atomic E-state index is 0.0318. The summed E-state index contributed by atoms with van der Waals surface area (Å²) in [5.41, 5.74) is 0. The predicted molar refractivity (Wildman–Crippen MR) is 39.9 cm³/mol. The summed E-state index contributed by atoms with van der Waals surface area (Å²) in [5, 5.41) is 2.65. The van der Waals surface area contributed by atoms with E-state index in [2.05, 4.69) is 5.32 Å². The molecule has 1 saturated heterocycles. The molecule has 11 heavy (non-hydrogen) atoms. The number of carbonyl (C=O) groups is 2. The average Bonchev–Trinajstić information content (AvgIpc) is 1.98. The molecule has 0 spiro atoms. The van der Waals surface area contributed by atoms with Crippen LogP contribution in [0.4, 0.5) is 0 Å². The number of nitrogens with zero attached hydrogens (tertiary/aromatic N) is 1. The van der Waals surface area contributed by atoms with Gasteiger partial charge in [-0.15, -0.1) is 0 Å². The first kappa shape index (κ1) is 8.04. The number of hydrogen-bond acceptors (Lipinski definition) is 2. The van der Waals surface area contributed by atoms with Crippen LogP contribution in [0, 0.1) is 0 Å². The molecule has 0 aromatic rings. The summed E-state index contributed by atoms with van der Waals surface area (Å²) >= 11 is 0. The van der Waals surface area contributed by atoms with Gasteiger partial charge in [-0.3, -0.25) is 9.59 Å². The third-order valence-electron chi connectivity index (χ3n) is 1.76. The third kappa shape index (κ3) is 2.22. The summed E-state index contributed by atoms with van der Waals surface area (Å²) in [6.07, 6.45) is 0.838. The lowest BCUT2D eigenvalue weighted by molar-refractivity contribution is -0.132. The molecular weight excluding hydrogens is 144 g/mol. The highest BCUT2D eigenvalue weighted by Crippen LogP contribution is 1.96. The number of rotatable bonds is 0. The highest BCUT2D eigenvalue weighted by atomic mass is 16.2. The molecule has 1 heterocycles. The van der Waals surface area contributed by atoms with E-state index in [1.807, 2.05) is 0 Å². The van der Waals surface area contributed by atoms with Gasteiger partial charge < -0.3 is 10.2 Å². The highest BCUT2D eigenvalue weighted by Gasteiger charge is 2.13. The fraction of sp³-hybridized carbons (Fsp3) is 0.714. The number of carbonyl (C=O) groups excluding carboxylic acids is 2. The predicted octanol–water partition coefficient (Wildman–Crippen LogP) is -0.645. The van der Waals surface area contributed by atoms with Crippen LogP contribution in [-0.2, 0) is 9.59 Å². The van der Waals surface area contributed by atoms with Crippen molar-refractivity contribution in [3.05, 3.63) is 0 Å². The summed E-state index contributed by atoms with van der Waals surface area (Å²) in [4.78, 5) is 23.5. The summed E-state index contributed by atoms with van der Waals surface area (Å²) in [6.45, 7) is 1.01. The molecule has 0 aliphatic carbocycles. The summed E-state index contributed by atoms with van der Waals surface area (Å²) in [7, 11) is 1.72. The molecule has 0 unspecified atom stereocenters. The monoisotopic (exact) mass is 156 g/mol. The van der Waals surface area contributed by atoms with Gasteiger partial charge in [0.2, 0.25) is 11.8 Å². The first-order valence-electron chi connectivity index (χ1n) is 3.71. The second kappa shape index (κ2) is 3.37. The zero-order valence-corrected chi connectivity index (χ0v) is 6.59. The lowest BCUT2D eigenvalue weighted by Crippen LogP contribution is -2.38. The SMILES string of the molecule is CN1CCC(=O)NCCC1=O. The molecule has 4 nitrogen and oxygen atoms in total. The Morgan fingerprint density at radius 3 is 2.82 bits per heavy atom. The van der Waals surface area contributed by atoms with Gasteiger partial charge in [-0.1, -0.05) is 0 Å². The van der Waals surface area contributed by atoms with Crippen LogP contribution in [0.5, 0.6) is 0 Å². The van der Waals surface area contributed by atoms with Crippen molar-refractivity contribution in [3.8, 4) is 0 Å². The second-order valence-electron chi connectivity index (χ2n) is 2.67. The molecule has 4 heteroatoms. The van der Waals surface area contributed by atoms with Gasteiger partial charge in [0.15, 0.2) is 0 Å². The Hall–Kier alpha value is -1.06. The Bertz CT molecular complexity index is 179. The molecule has 0 atom stereocenters. The number of nitrogens with one attached hydrogen (secondary N) is 1. The van der Waals surface area contributed by atoms with Gasteiger partial charge in [0, 0.05) is 33.0 Å². The van der Waals surface area contributed by atoms with Crippen molar-refractivity contribution in [3.63, 3.8) is 0 Å². The fourth-order valence-electron chi connectivity index (χ4n) is 0.982. The van der Waals surface area contributed by atoms with E-state index in [0.29, 0.717) is 25.9 Å². The van der Waals surface area contributed by atoms with Crippen LogP contribution in [0.15, 0.2) is 0 Å². The van der Waals surface area contributed by atoms with Crippen LogP contribution < -0.4 is 5.32 Å². The van der Waals surface area contributed by atoms with Gasteiger partial charge in [0.1, 0.15) is 0 Å². The quantitative estimate of drug-likeness (QED) is 0.507. The summed E-state index contributed by atoms with van der Waals surface area (Å²) in [5.74, 6) is 0.134. The Labute approximate surface area is 65.6 Å². The molecular formula is C7H12N2O2. The summed E-state index contributed by atoms with van der Waals surface area (Å²) in [6, 6.07) is 0. The van der Waals surface area contributed by atoms with Crippen LogP contribution in [0.25, 0.3) is 0 Å². The Balaban J connectivity index is 2.47. The van der Waals surface area contributed by atoms with Gasteiger partial charge in [0.25, 0.3) is 0 Å². The maximum absolute atomic E-state index is 11.0. The van der Waals surface area contributed by atoms with Crippen LogP contribution in [0.3, 0.4) is 0 Å². The normalized spacial score (nSPS) is 20.6. The van der Waals surface area contributed by atoms with Crippen molar-refractivity contribution in [1.29, 1.82) is 0 Å². The van der Waals surface area contributed by atoms with Crippen LogP contribution in [-0.4, -0.2) is 36.9 Å². The Morgan fingerprint density at radius 2 is 2.09 bits per heavy atom. The van der Waals surface area contributed by atoms with E-state index < -0.39 is 0 Å². The van der Waals surface area contributed by atoms with Gasteiger partial charge in [-0.2, -0.15) is 0 Å². The van der Waals surface area contributed by atoms with Crippen molar-refractivity contribution in [2.45, 2.75) is 12.8 Å². The molecule has 0 aromatic heterocycles. The van der Waals surface area contributed by atoms with Crippen molar-refractivity contribution >= 4 is 11.8 Å². The maximum Gasteiger partial charge on any atom is 0.224 e. The largest absolute Gasteiger partial charge is 0.356 e. The third-order valence-corrected chi connectivity index (χ3v) is 1.76. The average molecular weight is 156 g/mol. The molecule has 1 aliphatic heterocycles. The number of hydrogen-bond donors (Lipinski definition) is 1. The van der Waals surface area contributed by atoms with E-state index in [-0.39, 0.29) is 11.8 Å². The topological polar surface area (TPSA) is 49.4 Å². The zero-order chi connectivity index (χ0) is 8.27.